The van der Waals surface area contributed by atoms with Gasteiger partial charge in [0.15, 0.2) is 0 Å². The summed E-state index contributed by atoms with van der Waals surface area (Å²) >= 11 is 0. The Bertz CT molecular complexity index is 578. The molecule has 2 amide bonds. The van der Waals surface area contributed by atoms with Gasteiger partial charge in [-0.15, -0.1) is 0 Å². The van der Waals surface area contributed by atoms with E-state index in [2.05, 4.69) is 20.8 Å². The van der Waals surface area contributed by atoms with Gasteiger partial charge in [-0.2, -0.15) is 0 Å². The van der Waals surface area contributed by atoms with E-state index in [9.17, 15) is 9.59 Å². The van der Waals surface area contributed by atoms with E-state index in [0.29, 0.717) is 31.3 Å². The normalized spacial score (nSPS) is 12.5. The Morgan fingerprint density at radius 1 is 1.08 bits per heavy atom. The molecule has 5 nitrogen and oxygen atoms in total. The van der Waals surface area contributed by atoms with Gasteiger partial charge in [-0.25, -0.2) is 0 Å². The van der Waals surface area contributed by atoms with Crippen molar-refractivity contribution in [2.45, 2.75) is 67.0 Å². The molecular weight excluding hydrogens is 326 g/mol. The maximum Gasteiger partial charge on any atom is 0.242 e. The summed E-state index contributed by atoms with van der Waals surface area (Å²) in [5.74, 6) is 0.769. The minimum atomic E-state index is 0.0253. The van der Waals surface area contributed by atoms with Gasteiger partial charge >= 0.3 is 0 Å². The summed E-state index contributed by atoms with van der Waals surface area (Å²) in [6.45, 7) is 13.8. The number of hydrogen-bond acceptors (Lipinski definition) is 2. The molecule has 0 aromatic carbocycles. The maximum absolute atomic E-state index is 13.1. The molecule has 1 atom stereocenters. The van der Waals surface area contributed by atoms with Crippen LogP contribution in [0, 0.1) is 11.8 Å². The summed E-state index contributed by atoms with van der Waals surface area (Å²) in [4.78, 5) is 29.4. The molecule has 26 heavy (non-hydrogen) atoms. The van der Waals surface area contributed by atoms with Crippen molar-refractivity contribution < 1.29 is 9.59 Å². The number of hydrogen-bond donors (Lipinski definition) is 0. The maximum atomic E-state index is 13.1. The van der Waals surface area contributed by atoms with Crippen LogP contribution in [0.5, 0.6) is 0 Å². The molecule has 1 aromatic rings. The Kier molecular flexibility index (Phi) is 8.89. The van der Waals surface area contributed by atoms with Crippen LogP contribution in [0.4, 0.5) is 0 Å². The van der Waals surface area contributed by atoms with E-state index in [-0.39, 0.29) is 24.4 Å². The van der Waals surface area contributed by atoms with Gasteiger partial charge < -0.3 is 14.4 Å². The number of amides is 2. The second kappa shape index (κ2) is 10.4. The Balaban J connectivity index is 2.92. The number of rotatable bonds is 10. The van der Waals surface area contributed by atoms with Crippen molar-refractivity contribution in [3.05, 3.63) is 24.0 Å². The molecule has 0 radical (unpaired) electrons. The Morgan fingerprint density at radius 3 is 2.19 bits per heavy atom. The number of aryl methyl sites for hydroxylation is 1. The molecular formula is C21H37N3O2. The first-order valence-corrected chi connectivity index (χ1v) is 9.83. The quantitative estimate of drug-likeness (QED) is 0.636. The summed E-state index contributed by atoms with van der Waals surface area (Å²) in [6.07, 6.45) is 3.32. The van der Waals surface area contributed by atoms with Crippen LogP contribution in [0.25, 0.3) is 0 Å². The van der Waals surface area contributed by atoms with Crippen molar-refractivity contribution in [3.8, 4) is 0 Å². The fourth-order valence-corrected chi connectivity index (χ4v) is 2.97. The third-order valence-corrected chi connectivity index (χ3v) is 4.67. The molecule has 0 saturated heterocycles. The average molecular weight is 364 g/mol. The first-order valence-electron chi connectivity index (χ1n) is 9.83. The second-order valence-electron chi connectivity index (χ2n) is 8.16. The van der Waals surface area contributed by atoms with Gasteiger partial charge in [-0.05, 0) is 37.3 Å². The molecule has 0 aliphatic heterocycles. The fourth-order valence-electron chi connectivity index (χ4n) is 2.97. The zero-order chi connectivity index (χ0) is 19.9. The van der Waals surface area contributed by atoms with E-state index >= 15 is 0 Å². The van der Waals surface area contributed by atoms with Crippen LogP contribution in [0.1, 0.15) is 60.1 Å². The lowest BCUT2D eigenvalue weighted by Crippen LogP contribution is -2.47. The second-order valence-corrected chi connectivity index (χ2v) is 8.16. The summed E-state index contributed by atoms with van der Waals surface area (Å²) < 4.78 is 2.04. The summed E-state index contributed by atoms with van der Waals surface area (Å²) in [7, 11) is 1.99. The summed E-state index contributed by atoms with van der Waals surface area (Å²) in [6, 6.07) is 4.10. The van der Waals surface area contributed by atoms with E-state index in [1.54, 1.807) is 4.90 Å². The highest BCUT2D eigenvalue weighted by Crippen LogP contribution is 2.13. The summed E-state index contributed by atoms with van der Waals surface area (Å²) in [5.41, 5.74) is 1.10. The summed E-state index contributed by atoms with van der Waals surface area (Å²) in [5, 5.41) is 0. The van der Waals surface area contributed by atoms with E-state index in [1.807, 2.05) is 55.6 Å². The van der Waals surface area contributed by atoms with E-state index in [0.717, 1.165) is 12.1 Å². The zero-order valence-corrected chi connectivity index (χ0v) is 17.7. The van der Waals surface area contributed by atoms with Crippen molar-refractivity contribution >= 4 is 11.8 Å². The first-order chi connectivity index (χ1) is 12.1. The van der Waals surface area contributed by atoms with Crippen LogP contribution in [0.2, 0.25) is 0 Å². The Morgan fingerprint density at radius 2 is 1.73 bits per heavy atom. The van der Waals surface area contributed by atoms with Crippen molar-refractivity contribution in [2.24, 2.45) is 18.9 Å². The lowest BCUT2D eigenvalue weighted by atomic mass is 10.1. The monoisotopic (exact) mass is 363 g/mol. The lowest BCUT2D eigenvalue weighted by Gasteiger charge is -2.32. The first kappa shape index (κ1) is 22.3. The molecule has 1 rings (SSSR count). The van der Waals surface area contributed by atoms with E-state index in [1.165, 1.54) is 0 Å². The Labute approximate surface area is 159 Å². The highest BCUT2D eigenvalue weighted by Gasteiger charge is 2.25. The SMILES string of the molecule is CCC(C)N(CC(=O)N(Cc1cccn1C)CC(C)C)C(=O)CC(C)C. The van der Waals surface area contributed by atoms with Crippen LogP contribution in [-0.4, -0.2) is 45.3 Å². The standard InChI is InChI=1S/C21H37N3O2/c1-8-18(6)24(20(25)12-16(2)3)15-21(26)23(13-17(4)5)14-19-10-9-11-22(19)7/h9-11,16-18H,8,12-15H2,1-7H3. The molecule has 0 fully saturated rings. The topological polar surface area (TPSA) is 45.6 Å². The minimum absolute atomic E-state index is 0.0253. The number of carbonyl (C=O) groups is 2. The van der Waals surface area contributed by atoms with Gasteiger partial charge in [0.1, 0.15) is 0 Å². The molecule has 1 heterocycles. The molecule has 1 unspecified atom stereocenters. The van der Waals surface area contributed by atoms with Crippen LogP contribution in [0.3, 0.4) is 0 Å². The van der Waals surface area contributed by atoms with Gasteiger partial charge in [0.05, 0.1) is 13.1 Å². The predicted octanol–water partition coefficient (Wildman–Crippen LogP) is 3.68. The van der Waals surface area contributed by atoms with Gasteiger partial charge in [-0.3, -0.25) is 9.59 Å². The molecule has 5 heteroatoms. The van der Waals surface area contributed by atoms with Crippen LogP contribution in [-0.2, 0) is 23.2 Å². The number of aromatic nitrogens is 1. The molecule has 1 aromatic heterocycles. The van der Waals surface area contributed by atoms with Gasteiger partial charge in [0, 0.05) is 37.9 Å². The lowest BCUT2D eigenvalue weighted by molar-refractivity contribution is -0.143. The largest absolute Gasteiger partial charge is 0.353 e. The zero-order valence-electron chi connectivity index (χ0n) is 17.7. The highest BCUT2D eigenvalue weighted by atomic mass is 16.2. The van der Waals surface area contributed by atoms with Gasteiger partial charge in [0.25, 0.3) is 0 Å². The fraction of sp³-hybridized carbons (Fsp3) is 0.714. The molecule has 0 saturated carbocycles. The molecule has 0 spiro atoms. The molecule has 0 aliphatic rings. The van der Waals surface area contributed by atoms with Crippen molar-refractivity contribution in [1.29, 1.82) is 0 Å². The number of nitrogens with zero attached hydrogens (tertiary/aromatic N) is 3. The molecule has 148 valence electrons. The highest BCUT2D eigenvalue weighted by molar-refractivity contribution is 5.85. The third-order valence-electron chi connectivity index (χ3n) is 4.67. The average Bonchev–Trinajstić information content (AvgIpc) is 2.94. The van der Waals surface area contributed by atoms with Crippen molar-refractivity contribution in [3.63, 3.8) is 0 Å². The Hall–Kier alpha value is -1.78. The number of carbonyl (C=O) groups excluding carboxylic acids is 2. The smallest absolute Gasteiger partial charge is 0.242 e. The molecule has 0 N–H and O–H groups in total. The van der Waals surface area contributed by atoms with Gasteiger partial charge in [-0.1, -0.05) is 34.6 Å². The van der Waals surface area contributed by atoms with E-state index < -0.39 is 0 Å². The molecule has 0 aliphatic carbocycles. The van der Waals surface area contributed by atoms with Gasteiger partial charge in [0.2, 0.25) is 11.8 Å². The minimum Gasteiger partial charge on any atom is -0.353 e. The van der Waals surface area contributed by atoms with Crippen LogP contribution in [0.15, 0.2) is 18.3 Å². The van der Waals surface area contributed by atoms with Crippen LogP contribution >= 0.6 is 0 Å². The van der Waals surface area contributed by atoms with Crippen LogP contribution < -0.4 is 0 Å². The third kappa shape index (κ3) is 6.85. The van der Waals surface area contributed by atoms with E-state index in [4.69, 9.17) is 0 Å². The predicted molar refractivity (Wildman–Crippen MR) is 107 cm³/mol. The van der Waals surface area contributed by atoms with Crippen molar-refractivity contribution in [1.82, 2.24) is 14.4 Å². The molecule has 0 bridgehead atoms. The van der Waals surface area contributed by atoms with Crippen molar-refractivity contribution in [2.75, 3.05) is 13.1 Å².